The molecule has 0 saturated heterocycles. The van der Waals surface area contributed by atoms with Gasteiger partial charge in [-0.1, -0.05) is 77.0 Å². The Bertz CT molecular complexity index is 296. The number of esters is 1. The standard InChI is InChI=1S/C18H33F3O2S/c19-18(20,21)23-17(22)15-13-11-9-7-5-3-1-2-4-6-8-10-12-14-16-24/h24H,1-16H2. The Labute approximate surface area is 150 Å². The number of unbranched alkanes of at least 4 members (excludes halogenated alkanes) is 13. The molecule has 0 atom stereocenters. The van der Waals surface area contributed by atoms with Crippen molar-refractivity contribution in [2.24, 2.45) is 0 Å². The van der Waals surface area contributed by atoms with Gasteiger partial charge in [0, 0.05) is 6.42 Å². The number of ether oxygens (including phenoxy) is 1. The van der Waals surface area contributed by atoms with E-state index in [2.05, 4.69) is 17.4 Å². The maximum atomic E-state index is 11.8. The lowest BCUT2D eigenvalue weighted by atomic mass is 10.0. The van der Waals surface area contributed by atoms with Crippen molar-refractivity contribution in [3.8, 4) is 0 Å². The van der Waals surface area contributed by atoms with Crippen molar-refractivity contribution in [3.05, 3.63) is 0 Å². The quantitative estimate of drug-likeness (QED) is 0.183. The Balaban J connectivity index is 3.14. The first-order valence-corrected chi connectivity index (χ1v) is 9.98. The van der Waals surface area contributed by atoms with Crippen molar-refractivity contribution in [2.45, 2.75) is 103 Å². The van der Waals surface area contributed by atoms with Gasteiger partial charge in [-0.3, -0.25) is 4.79 Å². The molecule has 0 aliphatic rings. The zero-order valence-corrected chi connectivity index (χ0v) is 15.6. The number of hydrogen-bond donors (Lipinski definition) is 1. The van der Waals surface area contributed by atoms with Gasteiger partial charge in [-0.15, -0.1) is 13.2 Å². The first kappa shape index (κ1) is 23.6. The summed E-state index contributed by atoms with van der Waals surface area (Å²) in [6.07, 6.45) is 11.2. The highest BCUT2D eigenvalue weighted by molar-refractivity contribution is 7.80. The monoisotopic (exact) mass is 370 g/mol. The molecule has 0 bridgehead atoms. The average molecular weight is 371 g/mol. The van der Waals surface area contributed by atoms with Crippen LogP contribution in [-0.4, -0.2) is 18.1 Å². The molecule has 0 radical (unpaired) electrons. The highest BCUT2D eigenvalue weighted by Gasteiger charge is 2.33. The van der Waals surface area contributed by atoms with E-state index in [0.29, 0.717) is 6.42 Å². The number of rotatable bonds is 16. The number of alkyl halides is 3. The SMILES string of the molecule is O=C(CCCCCCCCCCCCCCCCS)OC(F)(F)F. The van der Waals surface area contributed by atoms with Crippen molar-refractivity contribution < 1.29 is 22.7 Å². The van der Waals surface area contributed by atoms with Crippen molar-refractivity contribution in [1.82, 2.24) is 0 Å². The maximum absolute atomic E-state index is 11.8. The van der Waals surface area contributed by atoms with Crippen LogP contribution in [0.3, 0.4) is 0 Å². The van der Waals surface area contributed by atoms with Gasteiger partial charge in [-0.25, -0.2) is 0 Å². The Hall–Kier alpha value is -0.390. The van der Waals surface area contributed by atoms with Crippen LogP contribution in [0.1, 0.15) is 96.3 Å². The Kier molecular flexibility index (Phi) is 15.8. The van der Waals surface area contributed by atoms with E-state index in [1.54, 1.807) is 0 Å². The van der Waals surface area contributed by atoms with Crippen molar-refractivity contribution in [3.63, 3.8) is 0 Å². The molecule has 0 spiro atoms. The highest BCUT2D eigenvalue weighted by atomic mass is 32.1. The predicted octanol–water partition coefficient (Wildman–Crippen LogP) is 6.83. The number of hydrogen-bond acceptors (Lipinski definition) is 3. The lowest BCUT2D eigenvalue weighted by Crippen LogP contribution is -2.18. The Morgan fingerprint density at radius 1 is 0.667 bits per heavy atom. The third-order valence-electron chi connectivity index (χ3n) is 4.02. The van der Waals surface area contributed by atoms with Gasteiger partial charge < -0.3 is 4.74 Å². The summed E-state index contributed by atoms with van der Waals surface area (Å²) in [7, 11) is 0. The average Bonchev–Trinajstić information content (AvgIpc) is 2.49. The van der Waals surface area contributed by atoms with Crippen molar-refractivity contribution >= 4 is 18.6 Å². The van der Waals surface area contributed by atoms with E-state index in [9.17, 15) is 18.0 Å². The maximum Gasteiger partial charge on any atom is 0.575 e. The summed E-state index contributed by atoms with van der Waals surface area (Å²) < 4.78 is 38.6. The van der Waals surface area contributed by atoms with Crippen LogP contribution < -0.4 is 0 Å². The van der Waals surface area contributed by atoms with E-state index in [4.69, 9.17) is 0 Å². The molecule has 0 aliphatic carbocycles. The van der Waals surface area contributed by atoms with Gasteiger partial charge in [0.1, 0.15) is 0 Å². The summed E-state index contributed by atoms with van der Waals surface area (Å²) >= 11 is 4.20. The molecule has 0 heterocycles. The van der Waals surface area contributed by atoms with Crippen LogP contribution in [-0.2, 0) is 9.53 Å². The minimum atomic E-state index is -4.84. The van der Waals surface area contributed by atoms with E-state index in [0.717, 1.165) is 25.0 Å². The molecule has 2 nitrogen and oxygen atoms in total. The summed E-state index contributed by atoms with van der Waals surface area (Å²) in [5, 5.41) is 0. The number of carbonyl (C=O) groups is 1. The molecule has 24 heavy (non-hydrogen) atoms. The molecule has 0 amide bonds. The molecular weight excluding hydrogens is 337 g/mol. The summed E-state index contributed by atoms with van der Waals surface area (Å²) in [5.41, 5.74) is 0. The molecule has 0 saturated carbocycles. The molecular formula is C18H33F3O2S. The number of carbonyl (C=O) groups excluding carboxylic acids is 1. The summed E-state index contributed by atoms with van der Waals surface area (Å²) in [6, 6.07) is 0. The first-order chi connectivity index (χ1) is 11.5. The van der Waals surface area contributed by atoms with Crippen LogP contribution in [0.4, 0.5) is 13.2 Å². The fraction of sp³-hybridized carbons (Fsp3) is 0.944. The van der Waals surface area contributed by atoms with Crippen LogP contribution >= 0.6 is 12.6 Å². The fourth-order valence-electron chi connectivity index (χ4n) is 2.68. The van der Waals surface area contributed by atoms with E-state index in [1.807, 2.05) is 0 Å². The molecule has 0 unspecified atom stereocenters. The van der Waals surface area contributed by atoms with Gasteiger partial charge in [-0.05, 0) is 18.6 Å². The highest BCUT2D eigenvalue weighted by Crippen LogP contribution is 2.18. The van der Waals surface area contributed by atoms with E-state index in [-0.39, 0.29) is 6.42 Å². The van der Waals surface area contributed by atoms with Crippen LogP contribution in [0.2, 0.25) is 0 Å². The topological polar surface area (TPSA) is 26.3 Å². The summed E-state index contributed by atoms with van der Waals surface area (Å²) in [5.74, 6) is -0.175. The zero-order chi connectivity index (χ0) is 18.1. The normalized spacial score (nSPS) is 11.7. The molecule has 6 heteroatoms. The van der Waals surface area contributed by atoms with E-state index >= 15 is 0 Å². The number of halogens is 3. The van der Waals surface area contributed by atoms with Gasteiger partial charge in [0.2, 0.25) is 0 Å². The predicted molar refractivity (Wildman–Crippen MR) is 95.3 cm³/mol. The van der Waals surface area contributed by atoms with Crippen molar-refractivity contribution in [2.75, 3.05) is 5.75 Å². The third-order valence-corrected chi connectivity index (χ3v) is 4.33. The first-order valence-electron chi connectivity index (χ1n) is 9.35. The third kappa shape index (κ3) is 19.7. The van der Waals surface area contributed by atoms with Gasteiger partial charge in [0.15, 0.2) is 0 Å². The molecule has 0 N–H and O–H groups in total. The molecule has 0 aliphatic heterocycles. The minimum absolute atomic E-state index is 0.145. The van der Waals surface area contributed by atoms with E-state index < -0.39 is 12.3 Å². The summed E-state index contributed by atoms with van der Waals surface area (Å²) in [6.45, 7) is 0. The van der Waals surface area contributed by atoms with Crippen LogP contribution in [0.5, 0.6) is 0 Å². The lowest BCUT2D eigenvalue weighted by molar-refractivity contribution is -0.305. The molecule has 0 aromatic rings. The second-order valence-corrected chi connectivity index (χ2v) is 6.79. The second-order valence-electron chi connectivity index (χ2n) is 6.34. The van der Waals surface area contributed by atoms with Gasteiger partial charge in [-0.2, -0.15) is 12.6 Å². The molecule has 144 valence electrons. The molecule has 0 aromatic carbocycles. The second kappa shape index (κ2) is 16.1. The largest absolute Gasteiger partial charge is 0.575 e. The Morgan fingerprint density at radius 2 is 1.00 bits per heavy atom. The smallest absolute Gasteiger partial charge is 0.373 e. The molecule has 0 aromatic heterocycles. The molecule has 0 fully saturated rings. The summed E-state index contributed by atoms with van der Waals surface area (Å²) in [4.78, 5) is 10.8. The zero-order valence-electron chi connectivity index (χ0n) is 14.7. The van der Waals surface area contributed by atoms with Crippen LogP contribution in [0.25, 0.3) is 0 Å². The minimum Gasteiger partial charge on any atom is -0.373 e. The van der Waals surface area contributed by atoms with Crippen LogP contribution in [0, 0.1) is 0 Å². The van der Waals surface area contributed by atoms with Crippen LogP contribution in [0.15, 0.2) is 0 Å². The Morgan fingerprint density at radius 3 is 1.33 bits per heavy atom. The van der Waals surface area contributed by atoms with Gasteiger partial charge in [0.25, 0.3) is 0 Å². The molecule has 0 rings (SSSR count). The lowest BCUT2D eigenvalue weighted by Gasteiger charge is -2.06. The van der Waals surface area contributed by atoms with Gasteiger partial charge >= 0.3 is 12.3 Å². The fourth-order valence-corrected chi connectivity index (χ4v) is 2.91. The van der Waals surface area contributed by atoms with Gasteiger partial charge in [0.05, 0.1) is 0 Å². The van der Waals surface area contributed by atoms with Crippen molar-refractivity contribution in [1.29, 1.82) is 0 Å². The number of thiol groups is 1. The van der Waals surface area contributed by atoms with E-state index in [1.165, 1.54) is 64.2 Å².